The molecule has 0 bridgehead atoms. The van der Waals surface area contributed by atoms with Crippen LogP contribution in [0.3, 0.4) is 0 Å². The van der Waals surface area contributed by atoms with Crippen LogP contribution in [-0.4, -0.2) is 5.97 Å². The molecule has 1 aromatic carbocycles. The van der Waals surface area contributed by atoms with Crippen LogP contribution in [0.25, 0.3) is 0 Å². The molecule has 1 aliphatic carbocycles. The molecule has 0 saturated heterocycles. The Hall–Kier alpha value is -1.57. The van der Waals surface area contributed by atoms with Gasteiger partial charge in [-0.1, -0.05) is 12.6 Å². The van der Waals surface area contributed by atoms with Gasteiger partial charge in [-0.15, -0.1) is 0 Å². The van der Waals surface area contributed by atoms with Crippen LogP contribution in [0, 0.1) is 0 Å². The van der Waals surface area contributed by atoms with E-state index in [1.807, 2.05) is 18.2 Å². The van der Waals surface area contributed by atoms with Gasteiger partial charge in [0.1, 0.15) is 5.75 Å². The third kappa shape index (κ3) is 1.47. The molecule has 0 radical (unpaired) electrons. The minimum absolute atomic E-state index is 0.403. The summed E-state index contributed by atoms with van der Waals surface area (Å²) in [5.74, 6) is 0.211. The number of aryl methyl sites for hydroxylation is 2. The molecule has 0 heterocycles. The van der Waals surface area contributed by atoms with E-state index in [0.717, 1.165) is 12.8 Å². The zero-order chi connectivity index (χ0) is 9.26. The predicted octanol–water partition coefficient (Wildman–Crippen LogP) is 1.88. The van der Waals surface area contributed by atoms with Crippen molar-refractivity contribution in [2.24, 2.45) is 0 Å². The van der Waals surface area contributed by atoms with E-state index >= 15 is 0 Å². The first-order valence-corrected chi connectivity index (χ1v) is 4.25. The second-order valence-electron chi connectivity index (χ2n) is 3.06. The number of esters is 1. The normalized spacial score (nSPS) is 12.6. The zero-order valence-electron chi connectivity index (χ0n) is 7.25. The maximum absolute atomic E-state index is 10.9. The van der Waals surface area contributed by atoms with Crippen LogP contribution in [0.15, 0.2) is 30.9 Å². The Morgan fingerprint density at radius 2 is 2.15 bits per heavy atom. The van der Waals surface area contributed by atoms with Gasteiger partial charge in [-0.05, 0) is 36.1 Å². The SMILES string of the molecule is C=CC(=O)Oc1ccc2c(c1)CC2. The van der Waals surface area contributed by atoms with Crippen molar-refractivity contribution >= 4 is 5.97 Å². The van der Waals surface area contributed by atoms with Crippen LogP contribution in [0.4, 0.5) is 0 Å². The van der Waals surface area contributed by atoms with Crippen LogP contribution in [-0.2, 0) is 17.6 Å². The Kier molecular flexibility index (Phi) is 1.89. The summed E-state index contributed by atoms with van der Waals surface area (Å²) in [5.41, 5.74) is 2.65. The molecule has 0 unspecified atom stereocenters. The fraction of sp³-hybridized carbons (Fsp3) is 0.182. The molecule has 0 N–H and O–H groups in total. The van der Waals surface area contributed by atoms with E-state index in [1.54, 1.807) is 0 Å². The van der Waals surface area contributed by atoms with Gasteiger partial charge in [-0.25, -0.2) is 4.79 Å². The molecule has 0 fully saturated rings. The number of carbonyl (C=O) groups is 1. The maximum atomic E-state index is 10.9. The predicted molar refractivity (Wildman–Crippen MR) is 49.7 cm³/mol. The van der Waals surface area contributed by atoms with Crippen LogP contribution in [0.5, 0.6) is 5.75 Å². The Balaban J connectivity index is 2.17. The summed E-state index contributed by atoms with van der Waals surface area (Å²) in [5, 5.41) is 0. The second-order valence-corrected chi connectivity index (χ2v) is 3.06. The highest BCUT2D eigenvalue weighted by atomic mass is 16.5. The zero-order valence-corrected chi connectivity index (χ0v) is 7.25. The van der Waals surface area contributed by atoms with Crippen LogP contribution in [0.2, 0.25) is 0 Å². The van der Waals surface area contributed by atoms with E-state index in [0.29, 0.717) is 5.75 Å². The van der Waals surface area contributed by atoms with Crippen molar-refractivity contribution < 1.29 is 9.53 Å². The lowest BCUT2D eigenvalue weighted by Crippen LogP contribution is -2.09. The van der Waals surface area contributed by atoms with Crippen molar-refractivity contribution in [1.82, 2.24) is 0 Å². The van der Waals surface area contributed by atoms with Gasteiger partial charge in [-0.3, -0.25) is 0 Å². The van der Waals surface area contributed by atoms with E-state index in [9.17, 15) is 4.79 Å². The monoisotopic (exact) mass is 174 g/mol. The molecule has 1 aliphatic rings. The number of hydrogen-bond acceptors (Lipinski definition) is 2. The van der Waals surface area contributed by atoms with Gasteiger partial charge >= 0.3 is 5.97 Å². The van der Waals surface area contributed by atoms with Crippen LogP contribution >= 0.6 is 0 Å². The number of rotatable bonds is 2. The fourth-order valence-corrected chi connectivity index (χ4v) is 1.39. The summed E-state index contributed by atoms with van der Waals surface area (Å²) >= 11 is 0. The third-order valence-electron chi connectivity index (χ3n) is 2.23. The molecule has 1 aromatic rings. The molecule has 2 nitrogen and oxygen atoms in total. The highest BCUT2D eigenvalue weighted by Gasteiger charge is 2.13. The van der Waals surface area contributed by atoms with Gasteiger partial charge in [0.05, 0.1) is 0 Å². The van der Waals surface area contributed by atoms with Crippen molar-refractivity contribution in [3.63, 3.8) is 0 Å². The smallest absolute Gasteiger partial charge is 0.335 e. The number of hydrogen-bond donors (Lipinski definition) is 0. The Morgan fingerprint density at radius 3 is 2.69 bits per heavy atom. The highest BCUT2D eigenvalue weighted by molar-refractivity contribution is 5.83. The third-order valence-corrected chi connectivity index (χ3v) is 2.23. The molecule has 2 rings (SSSR count). The van der Waals surface area contributed by atoms with E-state index in [-0.39, 0.29) is 0 Å². The standard InChI is InChI=1S/C11H10O2/c1-2-11(12)13-10-6-5-8-3-4-9(8)7-10/h2,5-7H,1,3-4H2. The van der Waals surface area contributed by atoms with Crippen molar-refractivity contribution in [3.8, 4) is 5.75 Å². The van der Waals surface area contributed by atoms with E-state index in [1.165, 1.54) is 17.2 Å². The van der Waals surface area contributed by atoms with Gasteiger partial charge in [0.15, 0.2) is 0 Å². The average molecular weight is 174 g/mol. The summed E-state index contributed by atoms with van der Waals surface area (Å²) in [6.07, 6.45) is 3.40. The Labute approximate surface area is 76.8 Å². The molecule has 0 spiro atoms. The number of fused-ring (bicyclic) bond motifs is 1. The van der Waals surface area contributed by atoms with Gasteiger partial charge < -0.3 is 4.74 Å². The Morgan fingerprint density at radius 1 is 1.38 bits per heavy atom. The molecule has 0 aliphatic heterocycles. The van der Waals surface area contributed by atoms with Crippen molar-refractivity contribution in [2.45, 2.75) is 12.8 Å². The number of ether oxygens (including phenoxy) is 1. The van der Waals surface area contributed by atoms with Gasteiger partial charge in [-0.2, -0.15) is 0 Å². The largest absolute Gasteiger partial charge is 0.423 e. The molecule has 66 valence electrons. The van der Waals surface area contributed by atoms with Gasteiger partial charge in [0.25, 0.3) is 0 Å². The molecular weight excluding hydrogens is 164 g/mol. The van der Waals surface area contributed by atoms with Gasteiger partial charge in [0, 0.05) is 6.08 Å². The molecule has 0 amide bonds. The highest BCUT2D eigenvalue weighted by Crippen LogP contribution is 2.26. The minimum Gasteiger partial charge on any atom is -0.423 e. The first kappa shape index (κ1) is 8.05. The summed E-state index contributed by atoms with van der Waals surface area (Å²) in [4.78, 5) is 10.9. The summed E-state index contributed by atoms with van der Waals surface area (Å²) in [6.45, 7) is 3.34. The van der Waals surface area contributed by atoms with Crippen molar-refractivity contribution in [1.29, 1.82) is 0 Å². The first-order valence-electron chi connectivity index (χ1n) is 4.25. The number of carbonyl (C=O) groups excluding carboxylic acids is 1. The summed E-state index contributed by atoms with van der Waals surface area (Å²) in [6, 6.07) is 5.74. The van der Waals surface area contributed by atoms with Crippen LogP contribution in [0.1, 0.15) is 11.1 Å². The van der Waals surface area contributed by atoms with Crippen LogP contribution < -0.4 is 4.74 Å². The van der Waals surface area contributed by atoms with Gasteiger partial charge in [0.2, 0.25) is 0 Å². The Bertz CT molecular complexity index is 366. The van der Waals surface area contributed by atoms with Crippen molar-refractivity contribution in [2.75, 3.05) is 0 Å². The minimum atomic E-state index is -0.403. The molecule has 0 saturated carbocycles. The first-order chi connectivity index (χ1) is 6.29. The summed E-state index contributed by atoms with van der Waals surface area (Å²) in [7, 11) is 0. The van der Waals surface area contributed by atoms with Crippen molar-refractivity contribution in [3.05, 3.63) is 42.0 Å². The molecule has 0 atom stereocenters. The molecule has 13 heavy (non-hydrogen) atoms. The summed E-state index contributed by atoms with van der Waals surface area (Å²) < 4.78 is 4.98. The fourth-order valence-electron chi connectivity index (χ4n) is 1.39. The lowest BCUT2D eigenvalue weighted by atomic mass is 9.89. The quantitative estimate of drug-likeness (QED) is 0.388. The lowest BCUT2D eigenvalue weighted by Gasteiger charge is -2.18. The second kappa shape index (κ2) is 3.05. The van der Waals surface area contributed by atoms with E-state index in [2.05, 4.69) is 6.58 Å². The molecular formula is C11H10O2. The lowest BCUT2D eigenvalue weighted by molar-refractivity contribution is -0.128. The maximum Gasteiger partial charge on any atom is 0.335 e. The molecule has 2 heteroatoms. The molecule has 0 aromatic heterocycles. The van der Waals surface area contributed by atoms with E-state index in [4.69, 9.17) is 4.74 Å². The average Bonchev–Trinajstić information content (AvgIpc) is 2.10. The topological polar surface area (TPSA) is 26.3 Å². The number of benzene rings is 1. The van der Waals surface area contributed by atoms with E-state index < -0.39 is 5.97 Å².